The Balaban J connectivity index is 1.57. The van der Waals surface area contributed by atoms with Crippen LogP contribution in [0.5, 0.6) is 0 Å². The number of aromatic amines is 1. The van der Waals surface area contributed by atoms with Gasteiger partial charge in [0.05, 0.1) is 12.4 Å². The first-order valence-corrected chi connectivity index (χ1v) is 24.3. The minimum absolute atomic E-state index is 0.00912. The number of hydrogen-bond acceptors (Lipinski definition) is 10. The summed E-state index contributed by atoms with van der Waals surface area (Å²) in [6.45, 7) is 19.0. The number of hydrogen-bond donors (Lipinski definition) is 1. The van der Waals surface area contributed by atoms with E-state index in [4.69, 9.17) is 18.3 Å². The minimum Gasteiger partial charge on any atom is -0.408 e. The predicted molar refractivity (Wildman–Crippen MR) is 209 cm³/mol. The van der Waals surface area contributed by atoms with Gasteiger partial charge in [0.2, 0.25) is 0 Å². The maximum Gasteiger partial charge on any atom is 0.330 e. The van der Waals surface area contributed by atoms with Crippen LogP contribution in [0, 0.1) is 6.92 Å². The topological polar surface area (TPSA) is 157 Å². The van der Waals surface area contributed by atoms with Gasteiger partial charge >= 0.3 is 5.69 Å². The van der Waals surface area contributed by atoms with Gasteiger partial charge in [-0.05, 0) is 46.9 Å². The molecule has 4 atom stereocenters. The van der Waals surface area contributed by atoms with Gasteiger partial charge in [-0.1, -0.05) is 102 Å². The fourth-order valence-electron chi connectivity index (χ4n) is 6.54. The summed E-state index contributed by atoms with van der Waals surface area (Å²) >= 11 is 0. The smallest absolute Gasteiger partial charge is 0.330 e. The van der Waals surface area contributed by atoms with E-state index in [0.29, 0.717) is 5.56 Å². The Kier molecular flexibility index (Phi) is 12.0. The third-order valence-corrected chi connectivity index (χ3v) is 21.4. The van der Waals surface area contributed by atoms with E-state index in [-0.39, 0.29) is 35.5 Å². The summed E-state index contributed by atoms with van der Waals surface area (Å²) in [7, 11) is -9.33. The molecule has 0 bridgehead atoms. The number of aromatic nitrogens is 5. The molecule has 0 unspecified atom stereocenters. The zero-order valence-electron chi connectivity index (χ0n) is 32.1. The van der Waals surface area contributed by atoms with E-state index in [0.717, 1.165) is 27.1 Å². The average Bonchev–Trinajstić information content (AvgIpc) is 3.75. The summed E-state index contributed by atoms with van der Waals surface area (Å²) in [6.07, 6.45) is 0.579. The summed E-state index contributed by atoms with van der Waals surface area (Å²) in [6, 6.07) is 20.6. The molecular formula is C37H53N5O8SSi2. The highest BCUT2D eigenvalue weighted by Gasteiger charge is 2.55. The number of nitrogens with zero attached hydrogens (tertiary/aromatic N) is 4. The fraction of sp³-hybridized carbons (Fsp3) is 0.514. The molecule has 0 saturated carbocycles. The number of rotatable bonds is 14. The molecule has 53 heavy (non-hydrogen) atoms. The minimum atomic E-state index is -3.76. The van der Waals surface area contributed by atoms with Crippen molar-refractivity contribution in [1.82, 2.24) is 23.7 Å². The van der Waals surface area contributed by atoms with E-state index in [1.807, 2.05) is 36.4 Å². The lowest BCUT2D eigenvalue weighted by molar-refractivity contribution is -0.0731. The van der Waals surface area contributed by atoms with Crippen LogP contribution >= 0.6 is 0 Å². The lowest BCUT2D eigenvalue weighted by Crippen LogP contribution is -2.67. The zero-order chi connectivity index (χ0) is 38.8. The first kappa shape index (κ1) is 40.7. The van der Waals surface area contributed by atoms with Crippen molar-refractivity contribution in [2.75, 3.05) is 19.0 Å². The highest BCUT2D eigenvalue weighted by Crippen LogP contribution is 2.43. The number of H-pyrrole nitrogens is 1. The fourth-order valence-corrected chi connectivity index (χ4v) is 13.5. The normalized spacial score (nSPS) is 20.2. The molecule has 0 radical (unpaired) electrons. The molecule has 4 aromatic rings. The molecule has 0 spiro atoms. The van der Waals surface area contributed by atoms with Crippen molar-refractivity contribution in [3.05, 3.63) is 106 Å². The van der Waals surface area contributed by atoms with Gasteiger partial charge in [0.1, 0.15) is 31.0 Å². The Bertz CT molecular complexity index is 2010. The molecule has 1 N–H and O–H groups in total. The van der Waals surface area contributed by atoms with E-state index in [1.165, 1.54) is 10.8 Å². The highest BCUT2D eigenvalue weighted by molar-refractivity contribution is 7.89. The van der Waals surface area contributed by atoms with Crippen LogP contribution < -0.4 is 21.6 Å². The van der Waals surface area contributed by atoms with Crippen LogP contribution in [0.1, 0.15) is 59.8 Å². The van der Waals surface area contributed by atoms with E-state index in [1.54, 1.807) is 6.92 Å². The molecule has 0 aliphatic carbocycles. The summed E-state index contributed by atoms with van der Waals surface area (Å²) in [5.74, 6) is -0.250. The van der Waals surface area contributed by atoms with Gasteiger partial charge in [0.25, 0.3) is 23.9 Å². The van der Waals surface area contributed by atoms with Crippen molar-refractivity contribution < 1.29 is 26.7 Å². The summed E-state index contributed by atoms with van der Waals surface area (Å²) < 4.78 is 55.8. The average molecular weight is 784 g/mol. The Hall–Kier alpha value is -3.52. The molecule has 2 aromatic heterocycles. The van der Waals surface area contributed by atoms with Crippen LogP contribution in [0.4, 0.5) is 0 Å². The van der Waals surface area contributed by atoms with Crippen LogP contribution in [-0.2, 0) is 28.3 Å². The van der Waals surface area contributed by atoms with Gasteiger partial charge in [-0.3, -0.25) is 14.3 Å². The highest BCUT2D eigenvalue weighted by atomic mass is 32.2. The molecule has 1 fully saturated rings. The Morgan fingerprint density at radius 2 is 1.51 bits per heavy atom. The number of ether oxygens (including phenoxy) is 2. The van der Waals surface area contributed by atoms with Crippen LogP contribution in [0.3, 0.4) is 0 Å². The van der Waals surface area contributed by atoms with E-state index < -0.39 is 62.4 Å². The molecule has 1 aliphatic heterocycles. The first-order valence-electron chi connectivity index (χ1n) is 17.9. The molecule has 1 saturated heterocycles. The van der Waals surface area contributed by atoms with Gasteiger partial charge in [0, 0.05) is 18.4 Å². The SMILES string of the molecule is Cc1cn([C@@H]2O[C@H](CO[Si](c3ccccc3)(c3ccccc3)C(C)(C)C)[C@@H](O[Si](C)(C)C(C)(C)C)[C@H]2OCCCS(=O)(=O)n2cncn2)c(=O)[nH]c1=O. The molecular weight excluding hydrogens is 731 g/mol. The molecule has 3 heterocycles. The monoisotopic (exact) mass is 783 g/mol. The largest absolute Gasteiger partial charge is 0.408 e. The van der Waals surface area contributed by atoms with Gasteiger partial charge in [-0.25, -0.2) is 18.2 Å². The number of aryl methyl sites for hydroxylation is 1. The lowest BCUT2D eigenvalue weighted by Gasteiger charge is -2.44. The quantitative estimate of drug-likeness (QED) is 0.147. The number of benzene rings is 2. The van der Waals surface area contributed by atoms with Gasteiger partial charge in [-0.2, -0.15) is 0 Å². The standard InChI is InChI=1S/C37H53N5O8SSi2/c1-27-23-41(35(44)40-33(27)43)34-32(47-21-16-22-51(45,46)42-26-38-25-39-42)31(50-52(8,9)36(2,3)4)30(49-34)24-48-53(37(5,6)7,28-17-12-10-13-18-28)29-19-14-11-15-20-29/h10-15,17-20,23,25-26,30-32,34H,16,21-22,24H2,1-9H3,(H,40,43,44)/t30-,31-,32-,34-/m1/s1. The van der Waals surface area contributed by atoms with E-state index >= 15 is 0 Å². The van der Waals surface area contributed by atoms with E-state index in [2.05, 4.69) is 94.0 Å². The van der Waals surface area contributed by atoms with Gasteiger partial charge in [0.15, 0.2) is 14.5 Å². The maximum absolute atomic E-state index is 13.4. The third-order valence-electron chi connectivity index (χ3n) is 10.4. The molecule has 288 valence electrons. The van der Waals surface area contributed by atoms with Crippen molar-refractivity contribution in [2.24, 2.45) is 0 Å². The van der Waals surface area contributed by atoms with Crippen LogP contribution in [0.25, 0.3) is 0 Å². The maximum atomic E-state index is 13.4. The third kappa shape index (κ3) is 8.58. The Morgan fingerprint density at radius 1 is 0.906 bits per heavy atom. The van der Waals surface area contributed by atoms with Crippen LogP contribution in [0.2, 0.25) is 23.2 Å². The van der Waals surface area contributed by atoms with Crippen molar-refractivity contribution in [2.45, 2.75) is 103 Å². The molecule has 16 heteroatoms. The van der Waals surface area contributed by atoms with Gasteiger partial charge in [-0.15, -0.1) is 9.19 Å². The molecule has 1 aliphatic rings. The molecule has 0 amide bonds. The summed E-state index contributed by atoms with van der Waals surface area (Å²) in [5.41, 5.74) is -0.840. The second-order valence-electron chi connectivity index (χ2n) is 16.1. The Morgan fingerprint density at radius 3 is 2.04 bits per heavy atom. The van der Waals surface area contributed by atoms with Crippen LogP contribution in [-0.4, -0.2) is 86.1 Å². The van der Waals surface area contributed by atoms with Crippen LogP contribution in [0.15, 0.2) is 89.1 Å². The van der Waals surface area contributed by atoms with Crippen molar-refractivity contribution in [1.29, 1.82) is 0 Å². The first-order chi connectivity index (χ1) is 24.8. The Labute approximate surface area is 314 Å². The lowest BCUT2D eigenvalue weighted by atomic mass is 10.1. The van der Waals surface area contributed by atoms with Crippen molar-refractivity contribution >= 4 is 37.0 Å². The second kappa shape index (κ2) is 15.7. The van der Waals surface area contributed by atoms with Crippen molar-refractivity contribution in [3.63, 3.8) is 0 Å². The van der Waals surface area contributed by atoms with Gasteiger partial charge < -0.3 is 18.3 Å². The van der Waals surface area contributed by atoms with E-state index in [9.17, 15) is 18.0 Å². The molecule has 13 nitrogen and oxygen atoms in total. The predicted octanol–water partition coefficient (Wildman–Crippen LogP) is 3.95. The number of nitrogens with one attached hydrogen (secondary N) is 1. The second-order valence-corrected chi connectivity index (χ2v) is 27.1. The summed E-state index contributed by atoms with van der Waals surface area (Å²) in [5, 5.41) is 5.46. The molecule has 5 rings (SSSR count). The van der Waals surface area contributed by atoms with Crippen molar-refractivity contribution in [3.8, 4) is 0 Å². The summed E-state index contributed by atoms with van der Waals surface area (Å²) in [4.78, 5) is 32.0. The molecule has 2 aromatic carbocycles. The zero-order valence-corrected chi connectivity index (χ0v) is 34.9.